The number of esters is 1. The van der Waals surface area contributed by atoms with Gasteiger partial charge in [0, 0.05) is 34.8 Å². The summed E-state index contributed by atoms with van der Waals surface area (Å²) in [6.07, 6.45) is 0.147. The number of aromatic amines is 1. The van der Waals surface area contributed by atoms with Crippen LogP contribution in [0.1, 0.15) is 31.0 Å². The van der Waals surface area contributed by atoms with Crippen molar-refractivity contribution in [2.45, 2.75) is 31.3 Å². The van der Waals surface area contributed by atoms with Gasteiger partial charge in [0.15, 0.2) is 6.10 Å². The highest BCUT2D eigenvalue weighted by atomic mass is 19.1. The van der Waals surface area contributed by atoms with E-state index in [0.717, 1.165) is 16.5 Å². The zero-order chi connectivity index (χ0) is 17.3. The van der Waals surface area contributed by atoms with E-state index in [9.17, 15) is 13.6 Å². The number of alkyl halides is 2. The molecule has 0 amide bonds. The molecular formula is C18H20F2N2O2. The number of fused-ring (bicyclic) bond motifs is 3. The molecule has 6 heteroatoms. The fraction of sp³-hybridized carbons (Fsp3) is 0.444. The zero-order valence-electron chi connectivity index (χ0n) is 13.7. The third kappa shape index (κ3) is 2.81. The van der Waals surface area contributed by atoms with Crippen molar-refractivity contribution in [2.75, 3.05) is 19.9 Å². The molecule has 0 radical (unpaired) electrons. The minimum atomic E-state index is -1.37. The number of H-pyrrole nitrogens is 1. The lowest BCUT2D eigenvalue weighted by Gasteiger charge is -2.23. The number of nitrogens with one attached hydrogen (secondary N) is 1. The van der Waals surface area contributed by atoms with E-state index in [1.165, 1.54) is 6.21 Å². The molecule has 3 rings (SSSR count). The molecule has 1 aromatic heterocycles. The first-order valence-corrected chi connectivity index (χ1v) is 7.91. The largest absolute Gasteiger partial charge is 0.456 e. The molecule has 2 aromatic rings. The number of hydrogen-bond donors (Lipinski definition) is 1. The predicted octanol–water partition coefficient (Wildman–Crippen LogP) is 3.46. The van der Waals surface area contributed by atoms with Gasteiger partial charge in [-0.2, -0.15) is 0 Å². The number of nitrogens with zero attached hydrogens (tertiary/aromatic N) is 1. The van der Waals surface area contributed by atoms with Crippen molar-refractivity contribution in [1.29, 1.82) is 0 Å². The second kappa shape index (κ2) is 6.34. The number of carbonyl (C=O) groups excluding carboxylic acids is 1. The summed E-state index contributed by atoms with van der Waals surface area (Å²) in [5.41, 5.74) is 2.31. The van der Waals surface area contributed by atoms with Crippen molar-refractivity contribution in [2.24, 2.45) is 4.99 Å². The molecule has 0 saturated heterocycles. The first-order valence-electron chi connectivity index (χ1n) is 7.91. The normalized spacial score (nSPS) is 19.3. The highest BCUT2D eigenvalue weighted by Gasteiger charge is 2.36. The van der Waals surface area contributed by atoms with Gasteiger partial charge in [0.25, 0.3) is 0 Å². The number of carbonyl (C=O) groups is 1. The molecule has 128 valence electrons. The van der Waals surface area contributed by atoms with Gasteiger partial charge in [-0.1, -0.05) is 32.0 Å². The molecule has 1 aromatic carbocycles. The molecule has 1 aliphatic rings. The summed E-state index contributed by atoms with van der Waals surface area (Å²) in [4.78, 5) is 20.1. The Kier molecular flexibility index (Phi) is 4.39. The van der Waals surface area contributed by atoms with Gasteiger partial charge in [-0.05, 0) is 11.6 Å². The van der Waals surface area contributed by atoms with Crippen molar-refractivity contribution in [3.05, 3.63) is 35.5 Å². The van der Waals surface area contributed by atoms with Crippen LogP contribution in [0.25, 0.3) is 10.9 Å². The van der Waals surface area contributed by atoms with Crippen LogP contribution in [0.5, 0.6) is 0 Å². The molecule has 24 heavy (non-hydrogen) atoms. The fourth-order valence-electron chi connectivity index (χ4n) is 3.19. The van der Waals surface area contributed by atoms with Crippen LogP contribution in [0.15, 0.2) is 29.3 Å². The smallest absolute Gasteiger partial charge is 0.320 e. The number of hydrogen-bond acceptors (Lipinski definition) is 3. The van der Waals surface area contributed by atoms with Gasteiger partial charge in [-0.3, -0.25) is 9.79 Å². The highest BCUT2D eigenvalue weighted by Crippen LogP contribution is 2.39. The van der Waals surface area contributed by atoms with E-state index >= 15 is 0 Å². The monoisotopic (exact) mass is 334 g/mol. The number of halogens is 2. The lowest BCUT2D eigenvalue weighted by Crippen LogP contribution is -2.28. The number of benzene rings is 1. The second-order valence-electron chi connectivity index (χ2n) is 6.68. The first kappa shape index (κ1) is 16.6. The van der Waals surface area contributed by atoms with Crippen molar-refractivity contribution in [1.82, 2.24) is 4.98 Å². The Morgan fingerprint density at radius 2 is 2.08 bits per heavy atom. The standard InChI is InChI=1S/C18H20F2N2O2/c1-18(2)10-21-9-13(17(23)24-11(7-19)8-20)16-15(18)12-5-3-4-6-14(12)22-16/h3-6,9,11,13,22H,7-8,10H2,1-2H3. The Morgan fingerprint density at radius 1 is 1.38 bits per heavy atom. The summed E-state index contributed by atoms with van der Waals surface area (Å²) in [5.74, 6) is -1.49. The van der Waals surface area contributed by atoms with E-state index in [-0.39, 0.29) is 5.41 Å². The summed E-state index contributed by atoms with van der Waals surface area (Å²) in [5, 5.41) is 1.02. The van der Waals surface area contributed by atoms with E-state index in [1.807, 2.05) is 24.3 Å². The molecule has 0 aliphatic carbocycles. The number of ether oxygens (including phenoxy) is 1. The maximum absolute atomic E-state index is 12.7. The molecule has 0 fully saturated rings. The lowest BCUT2D eigenvalue weighted by atomic mass is 9.81. The number of aromatic nitrogens is 1. The summed E-state index contributed by atoms with van der Waals surface area (Å²) >= 11 is 0. The highest BCUT2D eigenvalue weighted by molar-refractivity contribution is 5.99. The SMILES string of the molecule is CC1(C)CN=CC(C(=O)OC(CF)CF)c2[nH]c3ccccc3c21. The van der Waals surface area contributed by atoms with Gasteiger partial charge in [0.2, 0.25) is 0 Å². The van der Waals surface area contributed by atoms with E-state index in [2.05, 4.69) is 23.8 Å². The minimum absolute atomic E-state index is 0.278. The number of aliphatic imine (C=N–C) groups is 1. The van der Waals surface area contributed by atoms with Gasteiger partial charge in [-0.25, -0.2) is 8.78 Å². The molecule has 1 atom stereocenters. The average molecular weight is 334 g/mol. The van der Waals surface area contributed by atoms with Crippen LogP contribution in [0.3, 0.4) is 0 Å². The Bertz CT molecular complexity index is 778. The maximum atomic E-state index is 12.7. The number of para-hydroxylation sites is 1. The summed E-state index contributed by atoms with van der Waals surface area (Å²) in [6, 6.07) is 7.78. The van der Waals surface area contributed by atoms with Crippen molar-refractivity contribution >= 4 is 23.1 Å². The molecule has 0 saturated carbocycles. The lowest BCUT2D eigenvalue weighted by molar-refractivity contribution is -0.150. The van der Waals surface area contributed by atoms with Crippen LogP contribution in [0, 0.1) is 0 Å². The van der Waals surface area contributed by atoms with Crippen LogP contribution < -0.4 is 0 Å². The van der Waals surface area contributed by atoms with Gasteiger partial charge in [0.1, 0.15) is 19.3 Å². The average Bonchev–Trinajstić information content (AvgIpc) is 2.90. The first-order chi connectivity index (χ1) is 11.5. The zero-order valence-corrected chi connectivity index (χ0v) is 13.7. The van der Waals surface area contributed by atoms with Crippen LogP contribution in [-0.4, -0.2) is 43.2 Å². The van der Waals surface area contributed by atoms with Crippen LogP contribution >= 0.6 is 0 Å². The Morgan fingerprint density at radius 3 is 2.79 bits per heavy atom. The summed E-state index contributed by atoms with van der Waals surface area (Å²) in [7, 11) is 0. The summed E-state index contributed by atoms with van der Waals surface area (Å²) < 4.78 is 30.4. The van der Waals surface area contributed by atoms with E-state index < -0.39 is 31.3 Å². The third-order valence-electron chi connectivity index (χ3n) is 4.34. The van der Waals surface area contributed by atoms with E-state index in [4.69, 9.17) is 4.74 Å². The van der Waals surface area contributed by atoms with Crippen molar-refractivity contribution in [3.63, 3.8) is 0 Å². The minimum Gasteiger partial charge on any atom is -0.456 e. The van der Waals surface area contributed by atoms with Gasteiger partial charge in [0.05, 0.1) is 0 Å². The third-order valence-corrected chi connectivity index (χ3v) is 4.34. The van der Waals surface area contributed by atoms with Crippen molar-refractivity contribution < 1.29 is 18.3 Å². The molecule has 2 heterocycles. The molecular weight excluding hydrogens is 314 g/mol. The molecule has 0 bridgehead atoms. The molecule has 1 N–H and O–H groups in total. The molecule has 4 nitrogen and oxygen atoms in total. The molecule has 1 unspecified atom stereocenters. The Balaban J connectivity index is 2.08. The summed E-state index contributed by atoms with van der Waals surface area (Å²) in [6.45, 7) is 2.54. The molecule has 1 aliphatic heterocycles. The molecule has 0 spiro atoms. The predicted molar refractivity (Wildman–Crippen MR) is 89.3 cm³/mol. The van der Waals surface area contributed by atoms with Gasteiger partial charge < -0.3 is 9.72 Å². The van der Waals surface area contributed by atoms with Crippen LogP contribution in [0.4, 0.5) is 8.78 Å². The van der Waals surface area contributed by atoms with Crippen LogP contribution in [-0.2, 0) is 14.9 Å². The number of rotatable bonds is 4. The maximum Gasteiger partial charge on any atom is 0.320 e. The topological polar surface area (TPSA) is 54.4 Å². The van der Waals surface area contributed by atoms with Crippen molar-refractivity contribution in [3.8, 4) is 0 Å². The quantitative estimate of drug-likeness (QED) is 0.871. The van der Waals surface area contributed by atoms with Crippen LogP contribution in [0.2, 0.25) is 0 Å². The van der Waals surface area contributed by atoms with E-state index in [0.29, 0.717) is 12.2 Å². The van der Waals surface area contributed by atoms with Gasteiger partial charge >= 0.3 is 5.97 Å². The van der Waals surface area contributed by atoms with E-state index in [1.54, 1.807) is 0 Å². The fourth-order valence-corrected chi connectivity index (χ4v) is 3.19. The van der Waals surface area contributed by atoms with Gasteiger partial charge in [-0.15, -0.1) is 0 Å². The second-order valence-corrected chi connectivity index (χ2v) is 6.68. The Labute approximate surface area is 138 Å². The Hall–Kier alpha value is -2.24.